The molecule has 0 unspecified atom stereocenters. The molecule has 0 spiro atoms. The summed E-state index contributed by atoms with van der Waals surface area (Å²) in [4.78, 5) is 35.8. The van der Waals surface area contributed by atoms with Gasteiger partial charge in [0.05, 0.1) is 20.1 Å². The Labute approximate surface area is 126 Å². The van der Waals surface area contributed by atoms with Crippen LogP contribution in [0.15, 0.2) is 6.07 Å². The van der Waals surface area contributed by atoms with Gasteiger partial charge in [-0.3, -0.25) is 4.79 Å². The second-order valence-corrected chi connectivity index (χ2v) is 5.79. The summed E-state index contributed by atoms with van der Waals surface area (Å²) in [5.74, 6) is -1.99. The molecule has 0 aliphatic carbocycles. The summed E-state index contributed by atoms with van der Waals surface area (Å²) in [7, 11) is 1.16. The second-order valence-electron chi connectivity index (χ2n) is 4.45. The largest absolute Gasteiger partial charge is 0.480 e. The molecule has 3 N–H and O–H groups in total. The number of thiophene rings is 1. The van der Waals surface area contributed by atoms with Gasteiger partial charge in [-0.15, -0.1) is 11.3 Å². The highest BCUT2D eigenvalue weighted by molar-refractivity contribution is 7.12. The summed E-state index contributed by atoms with van der Waals surface area (Å²) >= 11 is 1.56. The van der Waals surface area contributed by atoms with Crippen molar-refractivity contribution in [1.29, 1.82) is 0 Å². The quantitative estimate of drug-likeness (QED) is 0.684. The Kier molecular flexibility index (Phi) is 6.16. The summed E-state index contributed by atoms with van der Waals surface area (Å²) in [5, 5.41) is 13.7. The summed E-state index contributed by atoms with van der Waals surface area (Å²) < 4.78 is 4.39. The van der Waals surface area contributed by atoms with Crippen LogP contribution in [0.1, 0.15) is 21.7 Å². The minimum Gasteiger partial charge on any atom is -0.480 e. The van der Waals surface area contributed by atoms with Crippen molar-refractivity contribution in [3.05, 3.63) is 21.4 Å². The molecule has 0 fully saturated rings. The lowest BCUT2D eigenvalue weighted by molar-refractivity contribution is -0.147. The van der Waals surface area contributed by atoms with Gasteiger partial charge >= 0.3 is 18.0 Å². The fourth-order valence-electron chi connectivity index (χ4n) is 1.56. The molecular formula is C13H18N2O5S. The smallest absolute Gasteiger partial charge is 0.326 e. The molecule has 116 valence electrons. The number of nitrogens with one attached hydrogen (secondary N) is 2. The van der Waals surface area contributed by atoms with Crippen molar-refractivity contribution in [2.24, 2.45) is 0 Å². The second kappa shape index (κ2) is 7.63. The molecule has 0 bridgehead atoms. The SMILES string of the molecule is COC(=O)C[C@H](NC(=O)NCc1cc(C)c(C)s1)C(=O)O. The molecule has 0 aliphatic rings. The van der Waals surface area contributed by atoms with Crippen LogP contribution in [0.25, 0.3) is 0 Å². The lowest BCUT2D eigenvalue weighted by atomic mass is 10.2. The lowest BCUT2D eigenvalue weighted by Gasteiger charge is -2.13. The minimum absolute atomic E-state index is 0.301. The number of aliphatic carboxylic acids is 1. The number of esters is 1. The standard InChI is InChI=1S/C13H18N2O5S/c1-7-4-9(21-8(7)2)6-14-13(19)15-10(12(17)18)5-11(16)20-3/h4,10H,5-6H2,1-3H3,(H,17,18)(H2,14,15,19)/t10-/m0/s1. The van der Waals surface area contributed by atoms with Gasteiger partial charge in [0.25, 0.3) is 0 Å². The van der Waals surface area contributed by atoms with Crippen LogP contribution < -0.4 is 10.6 Å². The summed E-state index contributed by atoms with van der Waals surface area (Å²) in [5.41, 5.74) is 1.14. The molecule has 0 saturated carbocycles. The molecule has 7 nitrogen and oxygen atoms in total. The number of rotatable bonds is 6. The molecule has 1 aromatic heterocycles. The van der Waals surface area contributed by atoms with Gasteiger partial charge in [0.1, 0.15) is 6.04 Å². The van der Waals surface area contributed by atoms with Crippen LogP contribution >= 0.6 is 11.3 Å². The van der Waals surface area contributed by atoms with Crippen LogP contribution in [-0.4, -0.2) is 36.2 Å². The molecule has 8 heteroatoms. The number of carboxylic acid groups (broad SMARTS) is 1. The maximum absolute atomic E-state index is 11.7. The third kappa shape index (κ3) is 5.42. The van der Waals surface area contributed by atoms with E-state index in [0.717, 1.165) is 17.6 Å². The zero-order chi connectivity index (χ0) is 16.0. The summed E-state index contributed by atoms with van der Waals surface area (Å²) in [6.45, 7) is 4.27. The van der Waals surface area contributed by atoms with Gasteiger partial charge < -0.3 is 20.5 Å². The number of urea groups is 1. The average Bonchev–Trinajstić information content (AvgIpc) is 2.74. The van der Waals surface area contributed by atoms with Crippen LogP contribution in [0.3, 0.4) is 0 Å². The van der Waals surface area contributed by atoms with Gasteiger partial charge in [-0.05, 0) is 25.5 Å². The van der Waals surface area contributed by atoms with E-state index in [4.69, 9.17) is 5.11 Å². The van der Waals surface area contributed by atoms with Crippen LogP contribution in [0, 0.1) is 13.8 Å². The Hall–Kier alpha value is -2.09. The summed E-state index contributed by atoms with van der Waals surface area (Å²) in [6, 6.07) is 0.00270. The average molecular weight is 314 g/mol. The molecule has 0 aromatic carbocycles. The van der Waals surface area contributed by atoms with Crippen molar-refractivity contribution in [2.45, 2.75) is 32.9 Å². The van der Waals surface area contributed by atoms with E-state index in [1.54, 1.807) is 11.3 Å². The number of hydrogen-bond acceptors (Lipinski definition) is 5. The Bertz CT molecular complexity index is 521. The van der Waals surface area contributed by atoms with Gasteiger partial charge in [0, 0.05) is 9.75 Å². The monoisotopic (exact) mass is 314 g/mol. The lowest BCUT2D eigenvalue weighted by Crippen LogP contribution is -2.46. The van der Waals surface area contributed by atoms with E-state index < -0.39 is 30.4 Å². The highest BCUT2D eigenvalue weighted by Gasteiger charge is 2.23. The van der Waals surface area contributed by atoms with Gasteiger partial charge in [-0.1, -0.05) is 0 Å². The predicted octanol–water partition coefficient (Wildman–Crippen LogP) is 1.18. The van der Waals surface area contributed by atoms with Gasteiger partial charge in [0.2, 0.25) is 0 Å². The maximum atomic E-state index is 11.7. The van der Waals surface area contributed by atoms with Crippen LogP contribution in [-0.2, 0) is 20.9 Å². The number of carboxylic acids is 1. The van der Waals surface area contributed by atoms with Crippen molar-refractivity contribution in [3.63, 3.8) is 0 Å². The first-order valence-electron chi connectivity index (χ1n) is 6.23. The van der Waals surface area contributed by atoms with Gasteiger partial charge in [-0.25, -0.2) is 9.59 Å². The third-order valence-corrected chi connectivity index (χ3v) is 3.99. The van der Waals surface area contributed by atoms with E-state index in [0.29, 0.717) is 6.54 Å². The number of carbonyl (C=O) groups excluding carboxylic acids is 2. The first kappa shape index (κ1) is 17.0. The maximum Gasteiger partial charge on any atom is 0.326 e. The van der Waals surface area contributed by atoms with E-state index in [2.05, 4.69) is 15.4 Å². The summed E-state index contributed by atoms with van der Waals surface area (Å²) in [6.07, 6.45) is -0.420. The number of amides is 2. The van der Waals surface area contributed by atoms with Crippen molar-refractivity contribution >= 4 is 29.3 Å². The van der Waals surface area contributed by atoms with Crippen LogP contribution in [0.4, 0.5) is 4.79 Å². The van der Waals surface area contributed by atoms with Crippen LogP contribution in [0.2, 0.25) is 0 Å². The Morgan fingerprint density at radius 1 is 1.38 bits per heavy atom. The molecular weight excluding hydrogens is 296 g/mol. The predicted molar refractivity (Wildman–Crippen MR) is 77.2 cm³/mol. The van der Waals surface area contributed by atoms with Gasteiger partial charge in [-0.2, -0.15) is 0 Å². The van der Waals surface area contributed by atoms with E-state index in [1.807, 2.05) is 19.9 Å². The Morgan fingerprint density at radius 2 is 2.05 bits per heavy atom. The molecule has 0 saturated heterocycles. The highest BCUT2D eigenvalue weighted by atomic mass is 32.1. The zero-order valence-corrected chi connectivity index (χ0v) is 12.9. The normalized spacial score (nSPS) is 11.6. The fourth-order valence-corrected chi connectivity index (χ4v) is 2.56. The molecule has 1 atom stereocenters. The molecule has 1 heterocycles. The van der Waals surface area contributed by atoms with E-state index in [-0.39, 0.29) is 0 Å². The van der Waals surface area contributed by atoms with Crippen LogP contribution in [0.5, 0.6) is 0 Å². The molecule has 1 rings (SSSR count). The van der Waals surface area contributed by atoms with E-state index in [1.165, 1.54) is 4.88 Å². The van der Waals surface area contributed by atoms with E-state index in [9.17, 15) is 14.4 Å². The number of aryl methyl sites for hydroxylation is 2. The zero-order valence-electron chi connectivity index (χ0n) is 12.1. The third-order valence-electron chi connectivity index (χ3n) is 2.84. The number of carbonyl (C=O) groups is 3. The van der Waals surface area contributed by atoms with Crippen molar-refractivity contribution < 1.29 is 24.2 Å². The molecule has 2 amide bonds. The van der Waals surface area contributed by atoms with E-state index >= 15 is 0 Å². The number of methoxy groups -OCH3 is 1. The Morgan fingerprint density at radius 3 is 2.52 bits per heavy atom. The first-order valence-corrected chi connectivity index (χ1v) is 7.05. The topological polar surface area (TPSA) is 105 Å². The fraction of sp³-hybridized carbons (Fsp3) is 0.462. The van der Waals surface area contributed by atoms with Crippen molar-refractivity contribution in [3.8, 4) is 0 Å². The molecule has 1 aromatic rings. The molecule has 0 aliphatic heterocycles. The molecule has 21 heavy (non-hydrogen) atoms. The number of hydrogen-bond donors (Lipinski definition) is 3. The minimum atomic E-state index is -1.32. The van der Waals surface area contributed by atoms with Gasteiger partial charge in [0.15, 0.2) is 0 Å². The first-order chi connectivity index (χ1) is 9.83. The van der Waals surface area contributed by atoms with Crippen molar-refractivity contribution in [2.75, 3.05) is 7.11 Å². The Balaban J connectivity index is 2.50. The van der Waals surface area contributed by atoms with Crippen molar-refractivity contribution in [1.82, 2.24) is 10.6 Å². The molecule has 0 radical (unpaired) electrons. The highest BCUT2D eigenvalue weighted by Crippen LogP contribution is 2.20. The number of ether oxygens (including phenoxy) is 1.